The van der Waals surface area contributed by atoms with Crippen molar-refractivity contribution in [1.82, 2.24) is 11.1 Å². The van der Waals surface area contributed by atoms with E-state index in [1.165, 1.54) is 0 Å². The Balaban J connectivity index is 0.000000810. The topological polar surface area (TPSA) is 47.9 Å². The van der Waals surface area contributed by atoms with E-state index in [4.69, 9.17) is 0 Å². The van der Waals surface area contributed by atoms with Gasteiger partial charge in [-0.05, 0) is 44.0 Å². The summed E-state index contributed by atoms with van der Waals surface area (Å²) >= 11 is 9.80. The molecule has 0 aromatic carbocycles. The Kier molecular flexibility index (Phi) is 4.68. The maximum atomic E-state index is 4.04. The van der Waals surface area contributed by atoms with Gasteiger partial charge in [0.15, 0.2) is 0 Å². The van der Waals surface area contributed by atoms with Crippen LogP contribution in [0.4, 0.5) is 0 Å². The van der Waals surface area contributed by atoms with Crippen LogP contribution in [0.25, 0.3) is 0 Å². The number of aromatic nitrogens is 1. The highest BCUT2D eigenvalue weighted by Gasteiger charge is 1.93. The molecule has 1 aromatic heterocycles. The molecule has 1 aromatic rings. The van der Waals surface area contributed by atoms with Crippen LogP contribution in [0.3, 0.4) is 0 Å². The first-order valence-corrected chi connectivity index (χ1v) is 4.55. The fourth-order valence-electron chi connectivity index (χ4n) is 0.436. The zero-order chi connectivity index (χ0) is 6.85. The summed E-state index contributed by atoms with van der Waals surface area (Å²) in [6.07, 6.45) is 0. The quantitative estimate of drug-likeness (QED) is 0.739. The second kappa shape index (κ2) is 4.43. The number of hydrogen-bond acceptors (Lipinski definition) is 2. The van der Waals surface area contributed by atoms with Crippen LogP contribution >= 0.6 is 47.8 Å². The summed E-state index contributed by atoms with van der Waals surface area (Å²) in [6.45, 7) is 0. The smallest absolute Gasteiger partial charge is 0.108 e. The molecule has 0 aliphatic rings. The molecule has 1 rings (SSSR count). The number of halogens is 3. The lowest BCUT2D eigenvalue weighted by molar-refractivity contribution is 1.22. The van der Waals surface area contributed by atoms with E-state index >= 15 is 0 Å². The standard InChI is InChI=1S/C5H2Br3N.H3N/c6-3-1-4(7)9-5(8)2-3;/h1-2H;1H3. The summed E-state index contributed by atoms with van der Waals surface area (Å²) in [4.78, 5) is 4.04. The number of hydrogen-bond donors (Lipinski definition) is 1. The second-order valence-corrected chi connectivity index (χ2v) is 3.97. The van der Waals surface area contributed by atoms with Crippen molar-refractivity contribution in [3.63, 3.8) is 0 Å². The summed E-state index contributed by atoms with van der Waals surface area (Å²) in [5, 5.41) is 0. The van der Waals surface area contributed by atoms with Crippen molar-refractivity contribution < 1.29 is 0 Å². The van der Waals surface area contributed by atoms with Crippen molar-refractivity contribution in [3.05, 3.63) is 25.8 Å². The molecule has 0 atom stereocenters. The molecule has 2 nitrogen and oxygen atoms in total. The van der Waals surface area contributed by atoms with Gasteiger partial charge in [0, 0.05) is 4.47 Å². The second-order valence-electron chi connectivity index (χ2n) is 1.43. The first-order valence-electron chi connectivity index (χ1n) is 2.17. The molecule has 10 heavy (non-hydrogen) atoms. The SMILES string of the molecule is Brc1cc(Br)nc(Br)c1.N. The molecule has 0 aliphatic heterocycles. The van der Waals surface area contributed by atoms with Gasteiger partial charge in [-0.3, -0.25) is 0 Å². The Labute approximate surface area is 84.4 Å². The highest BCUT2D eigenvalue weighted by molar-refractivity contribution is 9.11. The van der Waals surface area contributed by atoms with Gasteiger partial charge in [0.1, 0.15) is 9.21 Å². The molecule has 0 fully saturated rings. The summed E-state index contributed by atoms with van der Waals surface area (Å²) in [7, 11) is 0. The van der Waals surface area contributed by atoms with Crippen LogP contribution < -0.4 is 6.15 Å². The fraction of sp³-hybridized carbons (Fsp3) is 0. The maximum Gasteiger partial charge on any atom is 0.108 e. The molecule has 0 spiro atoms. The van der Waals surface area contributed by atoms with Gasteiger partial charge in [0.05, 0.1) is 0 Å². The predicted molar refractivity (Wildman–Crippen MR) is 52.4 cm³/mol. The summed E-state index contributed by atoms with van der Waals surface area (Å²) in [6, 6.07) is 3.76. The summed E-state index contributed by atoms with van der Waals surface area (Å²) < 4.78 is 2.66. The lowest BCUT2D eigenvalue weighted by Crippen LogP contribution is -1.75. The molecular formula is C5H5Br3N2. The molecule has 0 amide bonds. The molecule has 1 heterocycles. The molecule has 0 saturated carbocycles. The number of rotatable bonds is 0. The van der Waals surface area contributed by atoms with Crippen molar-refractivity contribution in [2.45, 2.75) is 0 Å². The lowest BCUT2D eigenvalue weighted by atomic mass is 10.5. The Morgan fingerprint density at radius 1 is 1.00 bits per heavy atom. The van der Waals surface area contributed by atoms with E-state index in [1.807, 2.05) is 12.1 Å². The fourth-order valence-corrected chi connectivity index (χ4v) is 2.60. The van der Waals surface area contributed by atoms with E-state index in [9.17, 15) is 0 Å². The number of nitrogens with zero attached hydrogens (tertiary/aromatic N) is 1. The molecule has 56 valence electrons. The van der Waals surface area contributed by atoms with Crippen LogP contribution in [-0.2, 0) is 0 Å². The zero-order valence-electron chi connectivity index (χ0n) is 4.94. The minimum atomic E-state index is 0. The average molecular weight is 333 g/mol. The Bertz CT molecular complexity index is 176. The van der Waals surface area contributed by atoms with Gasteiger partial charge >= 0.3 is 0 Å². The largest absolute Gasteiger partial charge is 0.344 e. The molecular weight excluding hydrogens is 328 g/mol. The van der Waals surface area contributed by atoms with Gasteiger partial charge in [-0.2, -0.15) is 0 Å². The van der Waals surface area contributed by atoms with Crippen LogP contribution in [0.2, 0.25) is 0 Å². The third-order valence-corrected chi connectivity index (χ3v) is 2.00. The van der Waals surface area contributed by atoms with E-state index in [2.05, 4.69) is 52.8 Å². The van der Waals surface area contributed by atoms with Gasteiger partial charge in [-0.15, -0.1) is 0 Å². The van der Waals surface area contributed by atoms with E-state index in [0.29, 0.717) is 0 Å². The molecule has 0 radical (unpaired) electrons. The van der Waals surface area contributed by atoms with Crippen molar-refractivity contribution in [2.24, 2.45) is 0 Å². The zero-order valence-corrected chi connectivity index (χ0v) is 9.70. The minimum Gasteiger partial charge on any atom is -0.344 e. The van der Waals surface area contributed by atoms with Gasteiger partial charge in [-0.1, -0.05) is 15.9 Å². The Morgan fingerprint density at radius 2 is 1.40 bits per heavy atom. The van der Waals surface area contributed by atoms with Crippen LogP contribution in [0.15, 0.2) is 25.8 Å². The first-order chi connectivity index (χ1) is 4.18. The molecule has 3 N–H and O–H groups in total. The van der Waals surface area contributed by atoms with Crippen molar-refractivity contribution in [3.8, 4) is 0 Å². The predicted octanol–water partition coefficient (Wildman–Crippen LogP) is 3.53. The molecule has 0 bridgehead atoms. The monoisotopic (exact) mass is 330 g/mol. The van der Waals surface area contributed by atoms with Crippen LogP contribution in [-0.4, -0.2) is 4.98 Å². The first kappa shape index (κ1) is 10.6. The lowest BCUT2D eigenvalue weighted by Gasteiger charge is -1.91. The van der Waals surface area contributed by atoms with Crippen LogP contribution in [0.5, 0.6) is 0 Å². The third kappa shape index (κ3) is 3.09. The average Bonchev–Trinajstić information content (AvgIpc) is 1.59. The van der Waals surface area contributed by atoms with Crippen molar-refractivity contribution in [1.29, 1.82) is 0 Å². The van der Waals surface area contributed by atoms with Gasteiger partial charge in [0.2, 0.25) is 0 Å². The van der Waals surface area contributed by atoms with Crippen molar-refractivity contribution >= 4 is 47.8 Å². The van der Waals surface area contributed by atoms with Gasteiger partial charge in [-0.25, -0.2) is 4.98 Å². The minimum absolute atomic E-state index is 0. The van der Waals surface area contributed by atoms with E-state index < -0.39 is 0 Å². The normalized spacial score (nSPS) is 8.70. The third-order valence-electron chi connectivity index (χ3n) is 0.728. The van der Waals surface area contributed by atoms with E-state index in [-0.39, 0.29) is 6.15 Å². The molecule has 0 aliphatic carbocycles. The van der Waals surface area contributed by atoms with Crippen molar-refractivity contribution in [2.75, 3.05) is 0 Å². The Morgan fingerprint density at radius 3 is 1.70 bits per heavy atom. The molecule has 5 heteroatoms. The molecule has 0 unspecified atom stereocenters. The van der Waals surface area contributed by atoms with Crippen LogP contribution in [0.1, 0.15) is 0 Å². The maximum absolute atomic E-state index is 4.04. The summed E-state index contributed by atoms with van der Waals surface area (Å²) in [5.74, 6) is 0. The van der Waals surface area contributed by atoms with Gasteiger partial charge < -0.3 is 6.15 Å². The van der Waals surface area contributed by atoms with Crippen LogP contribution in [0, 0.1) is 0 Å². The highest BCUT2D eigenvalue weighted by atomic mass is 79.9. The summed E-state index contributed by atoms with van der Waals surface area (Å²) in [5.41, 5.74) is 0. The number of pyridine rings is 1. The Hall–Kier alpha value is 0.550. The van der Waals surface area contributed by atoms with E-state index in [0.717, 1.165) is 13.7 Å². The molecule has 0 saturated heterocycles. The van der Waals surface area contributed by atoms with Gasteiger partial charge in [0.25, 0.3) is 0 Å². The highest BCUT2D eigenvalue weighted by Crippen LogP contribution is 2.19. The van der Waals surface area contributed by atoms with E-state index in [1.54, 1.807) is 0 Å².